The topological polar surface area (TPSA) is 84.5 Å². The number of carbonyl (C=O) groups is 3. The van der Waals surface area contributed by atoms with Gasteiger partial charge in [0.1, 0.15) is 0 Å². The van der Waals surface area contributed by atoms with Crippen molar-refractivity contribution >= 4 is 29.2 Å². The number of nitrogens with one attached hydrogen (secondary N) is 2. The summed E-state index contributed by atoms with van der Waals surface area (Å²) in [5.41, 5.74) is 0.919. The Balaban J connectivity index is 1.56. The molecule has 2 rings (SSSR count). The molecule has 0 radical (unpaired) electrons. The van der Waals surface area contributed by atoms with E-state index in [0.29, 0.717) is 13.0 Å². The Kier molecular flexibility index (Phi) is 7.65. The standard InChI is InChI=1S/C18H20N2O4S/c21-16(20-18(23)19-12-14-6-2-1-3-7-14)13-24-17(22)10-4-8-15-9-5-11-25-15/h1-3,5-7,9,11H,4,8,10,12-13H2,(H2,19,20,21,23). The molecule has 0 saturated carbocycles. The molecule has 7 heteroatoms. The van der Waals surface area contributed by atoms with Crippen LogP contribution in [0.4, 0.5) is 4.79 Å². The average molecular weight is 360 g/mol. The Morgan fingerprint density at radius 1 is 1.04 bits per heavy atom. The third kappa shape index (κ3) is 7.63. The van der Waals surface area contributed by atoms with E-state index in [1.807, 2.05) is 47.8 Å². The number of hydrogen-bond donors (Lipinski definition) is 2. The third-order valence-electron chi connectivity index (χ3n) is 3.30. The molecule has 2 N–H and O–H groups in total. The molecule has 0 fully saturated rings. The summed E-state index contributed by atoms with van der Waals surface area (Å²) < 4.78 is 4.86. The molecule has 2 aromatic rings. The monoisotopic (exact) mass is 360 g/mol. The molecule has 0 unspecified atom stereocenters. The summed E-state index contributed by atoms with van der Waals surface area (Å²) in [5, 5.41) is 6.66. The molecule has 1 aromatic heterocycles. The molecule has 0 atom stereocenters. The summed E-state index contributed by atoms with van der Waals surface area (Å²) in [6.07, 6.45) is 1.71. The van der Waals surface area contributed by atoms with Crippen LogP contribution in [0, 0.1) is 0 Å². The van der Waals surface area contributed by atoms with Crippen LogP contribution in [0.25, 0.3) is 0 Å². The normalized spacial score (nSPS) is 10.1. The molecule has 132 valence electrons. The number of thiophene rings is 1. The van der Waals surface area contributed by atoms with E-state index in [4.69, 9.17) is 4.74 Å². The van der Waals surface area contributed by atoms with Gasteiger partial charge in [-0.2, -0.15) is 0 Å². The highest BCUT2D eigenvalue weighted by Gasteiger charge is 2.11. The largest absolute Gasteiger partial charge is 0.456 e. The average Bonchev–Trinajstić information content (AvgIpc) is 3.12. The highest BCUT2D eigenvalue weighted by Crippen LogP contribution is 2.12. The number of amides is 3. The smallest absolute Gasteiger partial charge is 0.321 e. The zero-order chi connectivity index (χ0) is 17.9. The molecule has 0 aliphatic carbocycles. The van der Waals surface area contributed by atoms with E-state index in [1.165, 1.54) is 4.88 Å². The lowest BCUT2D eigenvalue weighted by atomic mass is 10.2. The minimum absolute atomic E-state index is 0.241. The number of hydrogen-bond acceptors (Lipinski definition) is 5. The van der Waals surface area contributed by atoms with Gasteiger partial charge in [-0.3, -0.25) is 14.9 Å². The van der Waals surface area contributed by atoms with E-state index >= 15 is 0 Å². The lowest BCUT2D eigenvalue weighted by Gasteiger charge is -2.07. The van der Waals surface area contributed by atoms with Crippen molar-refractivity contribution in [3.63, 3.8) is 0 Å². The second-order valence-corrected chi connectivity index (χ2v) is 6.34. The van der Waals surface area contributed by atoms with Crippen LogP contribution in [0.2, 0.25) is 0 Å². The van der Waals surface area contributed by atoms with E-state index in [1.54, 1.807) is 11.3 Å². The highest BCUT2D eigenvalue weighted by molar-refractivity contribution is 7.09. The van der Waals surface area contributed by atoms with Crippen LogP contribution < -0.4 is 10.6 Å². The molecular weight excluding hydrogens is 340 g/mol. The van der Waals surface area contributed by atoms with E-state index in [0.717, 1.165) is 12.0 Å². The van der Waals surface area contributed by atoms with Crippen LogP contribution in [0.5, 0.6) is 0 Å². The van der Waals surface area contributed by atoms with Crippen LogP contribution in [0.3, 0.4) is 0 Å². The summed E-state index contributed by atoms with van der Waals surface area (Å²) in [6, 6.07) is 12.7. The molecular formula is C18H20N2O4S. The summed E-state index contributed by atoms with van der Waals surface area (Å²) in [5.74, 6) is -1.10. The van der Waals surface area contributed by atoms with E-state index in [-0.39, 0.29) is 6.42 Å². The molecule has 6 nitrogen and oxygen atoms in total. The number of benzene rings is 1. The van der Waals surface area contributed by atoms with E-state index in [9.17, 15) is 14.4 Å². The molecule has 1 aromatic carbocycles. The van der Waals surface area contributed by atoms with Gasteiger partial charge in [-0.05, 0) is 29.9 Å². The molecule has 1 heterocycles. The number of rotatable bonds is 8. The summed E-state index contributed by atoms with van der Waals surface area (Å²) >= 11 is 1.64. The van der Waals surface area contributed by atoms with Crippen molar-refractivity contribution < 1.29 is 19.1 Å². The van der Waals surface area contributed by atoms with Crippen molar-refractivity contribution in [1.29, 1.82) is 0 Å². The zero-order valence-corrected chi connectivity index (χ0v) is 14.5. The van der Waals surface area contributed by atoms with Gasteiger partial charge in [0, 0.05) is 17.8 Å². The number of carbonyl (C=O) groups excluding carboxylic acids is 3. The second-order valence-electron chi connectivity index (χ2n) is 5.31. The van der Waals surface area contributed by atoms with Crippen molar-refractivity contribution in [3.05, 3.63) is 58.3 Å². The van der Waals surface area contributed by atoms with Gasteiger partial charge < -0.3 is 10.1 Å². The number of esters is 1. The fraction of sp³-hybridized carbons (Fsp3) is 0.278. The SMILES string of the molecule is O=C(COC(=O)CCCc1cccs1)NC(=O)NCc1ccccc1. The maximum absolute atomic E-state index is 11.6. The van der Waals surface area contributed by atoms with Gasteiger partial charge in [0.05, 0.1) is 0 Å². The predicted octanol–water partition coefficient (Wildman–Crippen LogP) is 2.64. The quantitative estimate of drug-likeness (QED) is 0.709. The van der Waals surface area contributed by atoms with Crippen molar-refractivity contribution in [2.24, 2.45) is 0 Å². The Labute approximate surface area is 150 Å². The fourth-order valence-corrected chi connectivity index (χ4v) is 2.82. The van der Waals surface area contributed by atoms with Crippen LogP contribution >= 0.6 is 11.3 Å². The zero-order valence-electron chi connectivity index (χ0n) is 13.7. The van der Waals surface area contributed by atoms with Crippen molar-refractivity contribution in [2.75, 3.05) is 6.61 Å². The molecule has 25 heavy (non-hydrogen) atoms. The van der Waals surface area contributed by atoms with Gasteiger partial charge in [-0.1, -0.05) is 36.4 Å². The first-order valence-corrected chi connectivity index (χ1v) is 8.81. The highest BCUT2D eigenvalue weighted by atomic mass is 32.1. The van der Waals surface area contributed by atoms with E-state index in [2.05, 4.69) is 10.6 Å². The van der Waals surface area contributed by atoms with Crippen molar-refractivity contribution in [1.82, 2.24) is 10.6 Å². The van der Waals surface area contributed by atoms with Gasteiger partial charge >= 0.3 is 12.0 Å². The molecule has 3 amide bonds. The predicted molar refractivity (Wildman–Crippen MR) is 95.0 cm³/mol. The van der Waals surface area contributed by atoms with Crippen LogP contribution in [0.1, 0.15) is 23.3 Å². The number of imide groups is 1. The molecule has 0 spiro atoms. The first kappa shape index (κ1) is 18.7. The Morgan fingerprint density at radius 2 is 1.84 bits per heavy atom. The lowest BCUT2D eigenvalue weighted by Crippen LogP contribution is -2.41. The lowest BCUT2D eigenvalue weighted by molar-refractivity contribution is -0.148. The maximum Gasteiger partial charge on any atom is 0.321 e. The molecule has 0 aliphatic rings. The van der Waals surface area contributed by atoms with Gasteiger partial charge in [0.2, 0.25) is 0 Å². The first-order valence-electron chi connectivity index (χ1n) is 7.93. The number of ether oxygens (including phenoxy) is 1. The van der Waals surface area contributed by atoms with Gasteiger partial charge in [0.25, 0.3) is 5.91 Å². The van der Waals surface area contributed by atoms with Crippen molar-refractivity contribution in [3.8, 4) is 0 Å². The summed E-state index contributed by atoms with van der Waals surface area (Å²) in [7, 11) is 0. The van der Waals surface area contributed by atoms with E-state index < -0.39 is 24.5 Å². The third-order valence-corrected chi connectivity index (χ3v) is 4.23. The maximum atomic E-state index is 11.6. The van der Waals surface area contributed by atoms with Crippen LogP contribution in [-0.4, -0.2) is 24.5 Å². The van der Waals surface area contributed by atoms with Gasteiger partial charge in [0.15, 0.2) is 6.61 Å². The van der Waals surface area contributed by atoms with Gasteiger partial charge in [-0.25, -0.2) is 4.79 Å². The number of urea groups is 1. The first-order chi connectivity index (χ1) is 12.1. The second kappa shape index (κ2) is 10.2. The Bertz CT molecular complexity index is 686. The summed E-state index contributed by atoms with van der Waals surface area (Å²) in [6.45, 7) is -0.154. The van der Waals surface area contributed by atoms with Gasteiger partial charge in [-0.15, -0.1) is 11.3 Å². The minimum atomic E-state index is -0.655. The fourth-order valence-electron chi connectivity index (χ4n) is 2.07. The Hall–Kier alpha value is -2.67. The summed E-state index contributed by atoms with van der Waals surface area (Å²) in [4.78, 5) is 36.0. The van der Waals surface area contributed by atoms with Crippen LogP contribution in [-0.2, 0) is 27.3 Å². The molecule has 0 saturated heterocycles. The van der Waals surface area contributed by atoms with Crippen LogP contribution in [0.15, 0.2) is 47.8 Å². The number of aryl methyl sites for hydroxylation is 1. The molecule has 0 aliphatic heterocycles. The molecule has 0 bridgehead atoms. The van der Waals surface area contributed by atoms with Crippen molar-refractivity contribution in [2.45, 2.75) is 25.8 Å². The minimum Gasteiger partial charge on any atom is -0.456 e. The Morgan fingerprint density at radius 3 is 2.56 bits per heavy atom.